The monoisotopic (exact) mass is 296 g/mol. The van der Waals surface area contributed by atoms with E-state index in [0.717, 1.165) is 12.8 Å². The molecular formula is C17H28O4. The summed E-state index contributed by atoms with van der Waals surface area (Å²) in [7, 11) is 0. The maximum atomic E-state index is 11.3. The van der Waals surface area contributed by atoms with Crippen LogP contribution in [-0.4, -0.2) is 31.1 Å². The highest BCUT2D eigenvalue weighted by molar-refractivity contribution is 5.66. The van der Waals surface area contributed by atoms with Crippen LogP contribution in [0.2, 0.25) is 0 Å². The molecular weight excluding hydrogens is 268 g/mol. The van der Waals surface area contributed by atoms with Crippen molar-refractivity contribution in [2.24, 2.45) is 0 Å². The third kappa shape index (κ3) is 6.44. The van der Waals surface area contributed by atoms with E-state index in [9.17, 15) is 4.79 Å². The van der Waals surface area contributed by atoms with Gasteiger partial charge in [0.2, 0.25) is 5.79 Å². The van der Waals surface area contributed by atoms with E-state index in [1.165, 1.54) is 18.1 Å². The van der Waals surface area contributed by atoms with E-state index in [-0.39, 0.29) is 5.97 Å². The average molecular weight is 296 g/mol. The van der Waals surface area contributed by atoms with Crippen LogP contribution in [0.1, 0.15) is 53.9 Å². The zero-order valence-corrected chi connectivity index (χ0v) is 13.9. The van der Waals surface area contributed by atoms with Gasteiger partial charge in [0.25, 0.3) is 0 Å². The maximum Gasteiger partial charge on any atom is 0.303 e. The summed E-state index contributed by atoms with van der Waals surface area (Å²) in [6.45, 7) is 10.6. The van der Waals surface area contributed by atoms with E-state index in [0.29, 0.717) is 19.6 Å². The van der Waals surface area contributed by atoms with Crippen molar-refractivity contribution in [1.82, 2.24) is 0 Å². The zero-order chi connectivity index (χ0) is 15.9. The summed E-state index contributed by atoms with van der Waals surface area (Å²) in [6, 6.07) is 0. The molecule has 0 saturated carbocycles. The lowest BCUT2D eigenvalue weighted by Crippen LogP contribution is -2.43. The van der Waals surface area contributed by atoms with Crippen LogP contribution in [0.3, 0.4) is 0 Å². The lowest BCUT2D eigenvalue weighted by atomic mass is 10.0. The van der Waals surface area contributed by atoms with Crippen molar-refractivity contribution in [2.45, 2.75) is 65.8 Å². The summed E-state index contributed by atoms with van der Waals surface area (Å²) in [6.07, 6.45) is 6.59. The molecule has 1 aliphatic heterocycles. The standard InChI is InChI=1S/C17H28O4/c1-13(2)7-6-8-14(3)9-10-16(21-15(4)18)17(5)19-11-12-20-17/h7,9,16H,6,8,10-12H2,1-5H3/b14-9+. The summed E-state index contributed by atoms with van der Waals surface area (Å²) in [5.74, 6) is -1.14. The number of hydrogen-bond donors (Lipinski definition) is 0. The fourth-order valence-electron chi connectivity index (χ4n) is 2.28. The van der Waals surface area contributed by atoms with Crippen molar-refractivity contribution < 1.29 is 19.0 Å². The van der Waals surface area contributed by atoms with E-state index in [1.807, 2.05) is 6.92 Å². The summed E-state index contributed by atoms with van der Waals surface area (Å²) in [5.41, 5.74) is 2.62. The van der Waals surface area contributed by atoms with Crippen molar-refractivity contribution in [1.29, 1.82) is 0 Å². The Morgan fingerprint density at radius 2 is 1.81 bits per heavy atom. The maximum absolute atomic E-state index is 11.3. The van der Waals surface area contributed by atoms with Gasteiger partial charge < -0.3 is 14.2 Å². The largest absolute Gasteiger partial charge is 0.456 e. The molecule has 1 rings (SSSR count). The van der Waals surface area contributed by atoms with Gasteiger partial charge >= 0.3 is 5.97 Å². The Labute approximate surface area is 128 Å². The lowest BCUT2D eigenvalue weighted by molar-refractivity contribution is -0.220. The quantitative estimate of drug-likeness (QED) is 0.530. The summed E-state index contributed by atoms with van der Waals surface area (Å²) >= 11 is 0. The molecule has 1 atom stereocenters. The fraction of sp³-hybridized carbons (Fsp3) is 0.706. The van der Waals surface area contributed by atoms with Gasteiger partial charge in [-0.05, 0) is 40.5 Å². The van der Waals surface area contributed by atoms with Crippen LogP contribution in [0.15, 0.2) is 23.3 Å². The number of carbonyl (C=O) groups is 1. The molecule has 4 nitrogen and oxygen atoms in total. The molecule has 1 saturated heterocycles. The smallest absolute Gasteiger partial charge is 0.303 e. The molecule has 0 N–H and O–H groups in total. The van der Waals surface area contributed by atoms with E-state index in [4.69, 9.17) is 14.2 Å². The predicted molar refractivity (Wildman–Crippen MR) is 82.9 cm³/mol. The second-order valence-electron chi connectivity index (χ2n) is 5.92. The number of ether oxygens (including phenoxy) is 3. The first-order chi connectivity index (χ1) is 9.83. The first-order valence-electron chi connectivity index (χ1n) is 7.57. The normalized spacial score (nSPS) is 19.2. The second-order valence-corrected chi connectivity index (χ2v) is 5.92. The number of hydrogen-bond acceptors (Lipinski definition) is 4. The molecule has 0 aromatic rings. The van der Waals surface area contributed by atoms with E-state index >= 15 is 0 Å². The Morgan fingerprint density at radius 3 is 2.33 bits per heavy atom. The number of rotatable bonds is 7. The Morgan fingerprint density at radius 1 is 1.19 bits per heavy atom. The minimum absolute atomic E-state index is 0.309. The van der Waals surface area contributed by atoms with Gasteiger partial charge in [-0.3, -0.25) is 4.79 Å². The van der Waals surface area contributed by atoms with Gasteiger partial charge in [0.1, 0.15) is 0 Å². The van der Waals surface area contributed by atoms with Crippen molar-refractivity contribution in [3.8, 4) is 0 Å². The van der Waals surface area contributed by atoms with Crippen LogP contribution in [0.25, 0.3) is 0 Å². The van der Waals surface area contributed by atoms with Crippen molar-refractivity contribution in [2.75, 3.05) is 13.2 Å². The molecule has 0 bridgehead atoms. The van der Waals surface area contributed by atoms with Gasteiger partial charge in [0, 0.05) is 13.3 Å². The Kier molecular flexibility index (Phi) is 7.12. The number of esters is 1. The van der Waals surface area contributed by atoms with Crippen LogP contribution >= 0.6 is 0 Å². The van der Waals surface area contributed by atoms with Crippen LogP contribution in [-0.2, 0) is 19.0 Å². The third-order valence-corrected chi connectivity index (χ3v) is 3.53. The highest BCUT2D eigenvalue weighted by Gasteiger charge is 2.41. The van der Waals surface area contributed by atoms with Crippen molar-refractivity contribution in [3.63, 3.8) is 0 Å². The highest BCUT2D eigenvalue weighted by Crippen LogP contribution is 2.28. The molecule has 0 amide bonds. The summed E-state index contributed by atoms with van der Waals surface area (Å²) in [4.78, 5) is 11.3. The molecule has 4 heteroatoms. The topological polar surface area (TPSA) is 44.8 Å². The van der Waals surface area contributed by atoms with Crippen LogP contribution in [0.5, 0.6) is 0 Å². The Balaban J connectivity index is 2.60. The lowest BCUT2D eigenvalue weighted by Gasteiger charge is -2.30. The van der Waals surface area contributed by atoms with Gasteiger partial charge in [-0.2, -0.15) is 0 Å². The molecule has 120 valence electrons. The molecule has 0 spiro atoms. The Bertz CT molecular complexity index is 399. The van der Waals surface area contributed by atoms with Crippen molar-refractivity contribution >= 4 is 5.97 Å². The fourth-order valence-corrected chi connectivity index (χ4v) is 2.28. The van der Waals surface area contributed by atoms with Gasteiger partial charge in [-0.15, -0.1) is 0 Å². The van der Waals surface area contributed by atoms with Crippen molar-refractivity contribution in [3.05, 3.63) is 23.3 Å². The molecule has 21 heavy (non-hydrogen) atoms. The van der Waals surface area contributed by atoms with Gasteiger partial charge in [-0.25, -0.2) is 0 Å². The van der Waals surface area contributed by atoms with Gasteiger partial charge in [0.05, 0.1) is 13.2 Å². The molecule has 0 aromatic heterocycles. The summed E-state index contributed by atoms with van der Waals surface area (Å²) in [5, 5.41) is 0. The van der Waals surface area contributed by atoms with Crippen LogP contribution in [0.4, 0.5) is 0 Å². The number of carbonyl (C=O) groups excluding carboxylic acids is 1. The molecule has 1 unspecified atom stereocenters. The molecule has 1 heterocycles. The van der Waals surface area contributed by atoms with Crippen LogP contribution in [0, 0.1) is 0 Å². The molecule has 0 radical (unpaired) electrons. The van der Waals surface area contributed by atoms with E-state index in [1.54, 1.807) is 0 Å². The molecule has 1 fully saturated rings. The Hall–Kier alpha value is -1.13. The zero-order valence-electron chi connectivity index (χ0n) is 13.9. The minimum Gasteiger partial charge on any atom is -0.456 e. The second kappa shape index (κ2) is 8.35. The first kappa shape index (κ1) is 17.9. The first-order valence-corrected chi connectivity index (χ1v) is 7.57. The molecule has 1 aliphatic rings. The SMILES string of the molecule is CC(=O)OC(C/C=C(\C)CCC=C(C)C)C1(C)OCCO1. The van der Waals surface area contributed by atoms with Crippen LogP contribution < -0.4 is 0 Å². The van der Waals surface area contributed by atoms with E-state index in [2.05, 4.69) is 32.9 Å². The highest BCUT2D eigenvalue weighted by atomic mass is 16.8. The average Bonchev–Trinajstić information content (AvgIpc) is 2.81. The predicted octanol–water partition coefficient (Wildman–Crippen LogP) is 3.76. The van der Waals surface area contributed by atoms with Gasteiger partial charge in [-0.1, -0.05) is 23.3 Å². The molecule has 0 aromatic carbocycles. The van der Waals surface area contributed by atoms with Gasteiger partial charge in [0.15, 0.2) is 6.10 Å². The summed E-state index contributed by atoms with van der Waals surface area (Å²) < 4.78 is 16.6. The molecule has 0 aliphatic carbocycles. The number of allylic oxidation sites excluding steroid dienone is 3. The minimum atomic E-state index is -0.831. The third-order valence-electron chi connectivity index (χ3n) is 3.53. The van der Waals surface area contributed by atoms with E-state index < -0.39 is 11.9 Å².